The number of Topliss-reactive ketones (excluding diaryl/α,β-unsaturated/α-hetero) is 1. The first-order valence-electron chi connectivity index (χ1n) is 9.25. The molecule has 0 unspecified atom stereocenters. The highest BCUT2D eigenvalue weighted by molar-refractivity contribution is 5.81. The lowest BCUT2D eigenvalue weighted by atomic mass is 9.81. The number of allylic oxidation sites excluding steroid dienone is 3. The maximum Gasteiger partial charge on any atom is 0.138 e. The summed E-state index contributed by atoms with van der Waals surface area (Å²) in [4.78, 5) is 17.3. The van der Waals surface area contributed by atoms with Crippen LogP contribution in [0.3, 0.4) is 0 Å². The van der Waals surface area contributed by atoms with Crippen molar-refractivity contribution in [3.8, 4) is 0 Å². The molecule has 23 heavy (non-hydrogen) atoms. The smallest absolute Gasteiger partial charge is 0.138 e. The molecule has 3 heterocycles. The number of carbonyl (C=O) groups excluding carboxylic acids is 1. The van der Waals surface area contributed by atoms with Crippen molar-refractivity contribution in [1.29, 1.82) is 0 Å². The van der Waals surface area contributed by atoms with Gasteiger partial charge in [0.05, 0.1) is 0 Å². The number of ketones is 1. The average Bonchev–Trinajstić information content (AvgIpc) is 2.64. The van der Waals surface area contributed by atoms with Gasteiger partial charge in [0.15, 0.2) is 0 Å². The van der Waals surface area contributed by atoms with Gasteiger partial charge in [0.25, 0.3) is 0 Å². The number of carbonyl (C=O) groups is 1. The van der Waals surface area contributed by atoms with Crippen molar-refractivity contribution in [1.82, 2.24) is 9.80 Å². The first-order valence-corrected chi connectivity index (χ1v) is 9.25. The van der Waals surface area contributed by atoms with Crippen LogP contribution in [-0.2, 0) is 4.79 Å². The second-order valence-electron chi connectivity index (χ2n) is 8.79. The Morgan fingerprint density at radius 1 is 1.17 bits per heavy atom. The highest BCUT2D eigenvalue weighted by Crippen LogP contribution is 2.40. The zero-order valence-electron chi connectivity index (χ0n) is 15.1. The van der Waals surface area contributed by atoms with E-state index in [-0.39, 0.29) is 5.54 Å². The topological polar surface area (TPSA) is 23.6 Å². The molecule has 0 saturated carbocycles. The molecule has 0 aromatic heterocycles. The molecule has 128 valence electrons. The lowest BCUT2D eigenvalue weighted by molar-refractivity contribution is -0.118. The molecule has 0 aromatic rings. The minimum absolute atomic E-state index is 0.223. The first kappa shape index (κ1) is 16.8. The summed E-state index contributed by atoms with van der Waals surface area (Å²) >= 11 is 0. The second kappa shape index (κ2) is 6.43. The third kappa shape index (κ3) is 3.88. The zero-order chi connectivity index (χ0) is 16.5. The van der Waals surface area contributed by atoms with Crippen LogP contribution in [0.5, 0.6) is 0 Å². The van der Waals surface area contributed by atoms with E-state index in [1.165, 1.54) is 44.6 Å². The molecular weight excluding hydrogens is 284 g/mol. The van der Waals surface area contributed by atoms with Crippen molar-refractivity contribution in [2.45, 2.75) is 64.8 Å². The fourth-order valence-corrected chi connectivity index (χ4v) is 4.21. The summed E-state index contributed by atoms with van der Waals surface area (Å²) in [6, 6.07) is 0. The first-order chi connectivity index (χ1) is 10.9. The highest BCUT2D eigenvalue weighted by Gasteiger charge is 2.42. The van der Waals surface area contributed by atoms with Gasteiger partial charge in [0, 0.05) is 43.7 Å². The van der Waals surface area contributed by atoms with E-state index in [1.54, 1.807) is 0 Å². The van der Waals surface area contributed by atoms with Gasteiger partial charge in [-0.3, -0.25) is 4.79 Å². The summed E-state index contributed by atoms with van der Waals surface area (Å²) in [5.41, 5.74) is 1.90. The Kier molecular flexibility index (Phi) is 4.68. The number of hydrogen-bond donors (Lipinski definition) is 0. The normalized spacial score (nSPS) is 25.3. The summed E-state index contributed by atoms with van der Waals surface area (Å²) in [5.74, 6) is 0.420. The minimum atomic E-state index is 0.223. The third-order valence-electron chi connectivity index (χ3n) is 5.84. The maximum absolute atomic E-state index is 12.1. The number of nitrogens with zero attached hydrogens (tertiary/aromatic N) is 2. The van der Waals surface area contributed by atoms with Gasteiger partial charge in [-0.25, -0.2) is 0 Å². The van der Waals surface area contributed by atoms with Crippen LogP contribution in [0.25, 0.3) is 0 Å². The van der Waals surface area contributed by atoms with Crippen LogP contribution < -0.4 is 0 Å². The fraction of sp³-hybridized carbons (Fsp3) is 0.750. The van der Waals surface area contributed by atoms with Gasteiger partial charge in [-0.2, -0.15) is 0 Å². The Morgan fingerprint density at radius 2 is 1.91 bits per heavy atom. The molecule has 0 bridgehead atoms. The molecular formula is C20H32N2O. The van der Waals surface area contributed by atoms with E-state index in [0.29, 0.717) is 17.6 Å². The molecule has 3 rings (SSSR count). The van der Waals surface area contributed by atoms with Gasteiger partial charge < -0.3 is 9.80 Å². The van der Waals surface area contributed by atoms with E-state index in [9.17, 15) is 4.79 Å². The van der Waals surface area contributed by atoms with Gasteiger partial charge in [-0.15, -0.1) is 0 Å². The van der Waals surface area contributed by atoms with Crippen molar-refractivity contribution in [3.05, 3.63) is 23.9 Å². The van der Waals surface area contributed by atoms with Crippen LogP contribution in [-0.4, -0.2) is 47.3 Å². The lowest BCUT2D eigenvalue weighted by Crippen LogP contribution is -2.55. The molecule has 0 aromatic carbocycles. The quantitative estimate of drug-likeness (QED) is 0.775. The van der Waals surface area contributed by atoms with Crippen LogP contribution in [0.1, 0.15) is 59.3 Å². The Morgan fingerprint density at radius 3 is 2.61 bits per heavy atom. The van der Waals surface area contributed by atoms with Crippen molar-refractivity contribution in [2.75, 3.05) is 26.2 Å². The third-order valence-corrected chi connectivity index (χ3v) is 5.84. The molecule has 0 amide bonds. The standard InChI is InChI=1S/C20H32N2O/c1-19(2,3)9-13-21-14-10-20(11-15-21)8-7-18(23)16-17-6-4-5-12-22(17)20/h4-6H,7-16H2,1-3H3. The largest absolute Gasteiger partial charge is 0.365 e. The van der Waals surface area contributed by atoms with E-state index in [0.717, 1.165) is 19.4 Å². The summed E-state index contributed by atoms with van der Waals surface area (Å²) in [5, 5.41) is 0. The highest BCUT2D eigenvalue weighted by atomic mass is 16.1. The summed E-state index contributed by atoms with van der Waals surface area (Å²) in [6.07, 6.45) is 12.6. The molecule has 2 fully saturated rings. The van der Waals surface area contributed by atoms with Crippen LogP contribution >= 0.6 is 0 Å². The Balaban J connectivity index is 1.67. The maximum atomic E-state index is 12.1. The summed E-state index contributed by atoms with van der Waals surface area (Å²) in [6.45, 7) is 11.5. The second-order valence-corrected chi connectivity index (χ2v) is 8.79. The average molecular weight is 316 g/mol. The van der Waals surface area contributed by atoms with Crippen molar-refractivity contribution < 1.29 is 4.79 Å². The summed E-state index contributed by atoms with van der Waals surface area (Å²) < 4.78 is 0. The van der Waals surface area contributed by atoms with Crippen LogP contribution in [0.15, 0.2) is 23.9 Å². The number of likely N-dealkylation sites (tertiary alicyclic amines) is 1. The Labute approximate surface area is 141 Å². The molecule has 0 N–H and O–H groups in total. The molecule has 3 nitrogen and oxygen atoms in total. The van der Waals surface area contributed by atoms with Crippen LogP contribution in [0, 0.1) is 5.41 Å². The van der Waals surface area contributed by atoms with Gasteiger partial charge in [-0.05, 0) is 43.7 Å². The van der Waals surface area contributed by atoms with Gasteiger partial charge in [-0.1, -0.05) is 32.9 Å². The van der Waals surface area contributed by atoms with E-state index in [4.69, 9.17) is 0 Å². The molecule has 0 aliphatic carbocycles. The van der Waals surface area contributed by atoms with E-state index >= 15 is 0 Å². The van der Waals surface area contributed by atoms with Crippen molar-refractivity contribution in [2.24, 2.45) is 5.41 Å². The lowest BCUT2D eigenvalue weighted by Gasteiger charge is -2.50. The van der Waals surface area contributed by atoms with Gasteiger partial charge >= 0.3 is 0 Å². The molecule has 0 atom stereocenters. The van der Waals surface area contributed by atoms with E-state index in [2.05, 4.69) is 48.8 Å². The molecule has 1 spiro atoms. The molecule has 2 saturated heterocycles. The number of fused-ring (bicyclic) bond motifs is 2. The van der Waals surface area contributed by atoms with Crippen molar-refractivity contribution >= 4 is 5.78 Å². The predicted molar refractivity (Wildman–Crippen MR) is 95.3 cm³/mol. The van der Waals surface area contributed by atoms with Crippen LogP contribution in [0.2, 0.25) is 0 Å². The Bertz CT molecular complexity index is 504. The van der Waals surface area contributed by atoms with Gasteiger partial charge in [0.2, 0.25) is 0 Å². The molecule has 3 aliphatic rings. The Hall–Kier alpha value is -1.09. The summed E-state index contributed by atoms with van der Waals surface area (Å²) in [7, 11) is 0. The number of hydrogen-bond acceptors (Lipinski definition) is 3. The number of piperidine rings is 1. The predicted octanol–water partition coefficient (Wildman–Crippen LogP) is 3.77. The minimum Gasteiger partial charge on any atom is -0.365 e. The molecule has 0 radical (unpaired) electrons. The molecule has 3 aliphatic heterocycles. The van der Waals surface area contributed by atoms with Gasteiger partial charge in [0.1, 0.15) is 5.78 Å². The number of rotatable bonds is 2. The monoisotopic (exact) mass is 316 g/mol. The van der Waals surface area contributed by atoms with E-state index in [1.807, 2.05) is 0 Å². The molecule has 3 heteroatoms. The SMILES string of the molecule is CC(C)(C)CCN1CCC2(CCC(=O)CC3=CC=CCN32)CC1. The van der Waals surface area contributed by atoms with E-state index < -0.39 is 0 Å². The van der Waals surface area contributed by atoms with Crippen LogP contribution in [0.4, 0.5) is 0 Å². The zero-order valence-corrected chi connectivity index (χ0v) is 15.1. The van der Waals surface area contributed by atoms with Crippen molar-refractivity contribution in [3.63, 3.8) is 0 Å². The fourth-order valence-electron chi connectivity index (χ4n) is 4.21.